The number of rotatable bonds is 8. The minimum atomic E-state index is -0.655. The Morgan fingerprint density at radius 3 is 2.71 bits per heavy atom. The molecule has 2 aliphatic rings. The number of amidine groups is 1. The first-order chi connectivity index (χ1) is 14.8. The molecule has 0 aliphatic carbocycles. The molecule has 0 spiro atoms. The normalized spacial score (nSPS) is 20.5. The van der Waals surface area contributed by atoms with Crippen LogP contribution >= 0.6 is 11.8 Å². The number of carbonyl (C=O) groups excluding carboxylic acids is 2. The van der Waals surface area contributed by atoms with Crippen LogP contribution in [0.15, 0.2) is 47.1 Å². The Hall–Kier alpha value is -2.74. The van der Waals surface area contributed by atoms with Crippen LogP contribution in [0.4, 0.5) is 0 Å². The van der Waals surface area contributed by atoms with E-state index in [9.17, 15) is 9.59 Å². The molecule has 1 aromatic carbocycles. The maximum absolute atomic E-state index is 13.2. The molecule has 2 aliphatic heterocycles. The fourth-order valence-corrected chi connectivity index (χ4v) is 4.70. The number of amides is 1. The van der Waals surface area contributed by atoms with Crippen molar-refractivity contribution in [3.05, 3.63) is 47.7 Å². The summed E-state index contributed by atoms with van der Waals surface area (Å²) in [5, 5.41) is 0.373. The number of benzene rings is 1. The standard InChI is InChI=1S/C23H28N2O5S/c1-7-11-29-16-10-9-15(12-17(16)28-6)20-19(22(27)30-13(3)4)14(5)24-23-25(20)21(26)18(8-2)31-23/h7,9-10,12-13,18,20H,1,8,11H2,2-6H3. The molecule has 0 saturated carbocycles. The third kappa shape index (κ3) is 4.49. The van der Waals surface area contributed by atoms with Gasteiger partial charge in [-0.3, -0.25) is 9.69 Å². The SMILES string of the molecule is C=CCOc1ccc(C2C(C(=O)OC(C)C)=C(C)N=C3SC(CC)C(=O)N32)cc1OC. The predicted molar refractivity (Wildman–Crippen MR) is 121 cm³/mol. The van der Waals surface area contributed by atoms with Crippen LogP contribution in [-0.2, 0) is 14.3 Å². The first-order valence-corrected chi connectivity index (χ1v) is 11.1. The van der Waals surface area contributed by atoms with Crippen molar-refractivity contribution in [2.75, 3.05) is 13.7 Å². The number of methoxy groups -OCH3 is 1. The summed E-state index contributed by atoms with van der Waals surface area (Å²) < 4.78 is 16.7. The average Bonchev–Trinajstić information content (AvgIpc) is 3.05. The van der Waals surface area contributed by atoms with Crippen molar-refractivity contribution >= 4 is 28.8 Å². The molecule has 1 aromatic rings. The Bertz CT molecular complexity index is 953. The highest BCUT2D eigenvalue weighted by Crippen LogP contribution is 2.45. The number of esters is 1. The molecule has 0 N–H and O–H groups in total. The Balaban J connectivity index is 2.12. The number of allylic oxidation sites excluding steroid dienone is 1. The quantitative estimate of drug-likeness (QED) is 0.441. The summed E-state index contributed by atoms with van der Waals surface area (Å²) in [4.78, 5) is 32.4. The Labute approximate surface area is 187 Å². The monoisotopic (exact) mass is 444 g/mol. The Kier molecular flexibility index (Phi) is 7.10. The lowest BCUT2D eigenvalue weighted by Crippen LogP contribution is -2.41. The van der Waals surface area contributed by atoms with Gasteiger partial charge in [-0.2, -0.15) is 0 Å². The third-order valence-electron chi connectivity index (χ3n) is 4.94. The van der Waals surface area contributed by atoms with Crippen LogP contribution in [0.1, 0.15) is 45.7 Å². The molecule has 1 amide bonds. The van der Waals surface area contributed by atoms with Crippen LogP contribution in [-0.4, -0.2) is 47.0 Å². The highest BCUT2D eigenvalue weighted by Gasteiger charge is 2.47. The van der Waals surface area contributed by atoms with Gasteiger partial charge in [0.2, 0.25) is 5.91 Å². The van der Waals surface area contributed by atoms with Gasteiger partial charge < -0.3 is 14.2 Å². The topological polar surface area (TPSA) is 77.4 Å². The molecular weight excluding hydrogens is 416 g/mol. The van der Waals surface area contributed by atoms with Crippen LogP contribution < -0.4 is 9.47 Å². The molecule has 2 atom stereocenters. The molecule has 31 heavy (non-hydrogen) atoms. The van der Waals surface area contributed by atoms with E-state index in [0.29, 0.717) is 41.0 Å². The van der Waals surface area contributed by atoms with Crippen molar-refractivity contribution in [3.63, 3.8) is 0 Å². The maximum atomic E-state index is 13.2. The lowest BCUT2D eigenvalue weighted by molar-refractivity contribution is -0.143. The van der Waals surface area contributed by atoms with Gasteiger partial charge in [-0.25, -0.2) is 9.79 Å². The zero-order chi connectivity index (χ0) is 22.7. The van der Waals surface area contributed by atoms with E-state index >= 15 is 0 Å². The van der Waals surface area contributed by atoms with Crippen molar-refractivity contribution in [2.45, 2.75) is 51.5 Å². The minimum Gasteiger partial charge on any atom is -0.493 e. The number of fused-ring (bicyclic) bond motifs is 1. The summed E-state index contributed by atoms with van der Waals surface area (Å²) >= 11 is 1.43. The zero-order valence-corrected chi connectivity index (χ0v) is 19.3. The number of hydrogen-bond acceptors (Lipinski definition) is 7. The van der Waals surface area contributed by atoms with Gasteiger partial charge in [-0.05, 0) is 44.9 Å². The second kappa shape index (κ2) is 9.60. The minimum absolute atomic E-state index is 0.0652. The number of aliphatic imine (C=N–C) groups is 1. The van der Waals surface area contributed by atoms with E-state index in [1.807, 2.05) is 13.0 Å². The molecule has 0 radical (unpaired) electrons. The van der Waals surface area contributed by atoms with Gasteiger partial charge in [-0.15, -0.1) is 0 Å². The molecule has 2 unspecified atom stereocenters. The number of ether oxygens (including phenoxy) is 3. The summed E-state index contributed by atoms with van der Waals surface area (Å²) in [5.41, 5.74) is 1.62. The van der Waals surface area contributed by atoms with Crippen molar-refractivity contribution < 1.29 is 23.8 Å². The molecule has 0 aromatic heterocycles. The van der Waals surface area contributed by atoms with E-state index in [1.54, 1.807) is 51.0 Å². The Morgan fingerprint density at radius 1 is 1.35 bits per heavy atom. The molecular formula is C23H28N2O5S. The predicted octanol–water partition coefficient (Wildman–Crippen LogP) is 4.25. The van der Waals surface area contributed by atoms with Gasteiger partial charge in [0.15, 0.2) is 16.7 Å². The van der Waals surface area contributed by atoms with E-state index < -0.39 is 12.0 Å². The third-order valence-corrected chi connectivity index (χ3v) is 6.26. The second-order valence-electron chi connectivity index (χ2n) is 7.48. The first-order valence-electron chi connectivity index (χ1n) is 10.2. The molecule has 2 heterocycles. The number of thioether (sulfide) groups is 1. The average molecular weight is 445 g/mol. The van der Waals surface area contributed by atoms with Gasteiger partial charge in [0.05, 0.1) is 35.8 Å². The van der Waals surface area contributed by atoms with E-state index in [0.717, 1.165) is 5.56 Å². The smallest absolute Gasteiger partial charge is 0.338 e. The first kappa shape index (κ1) is 22.9. The largest absolute Gasteiger partial charge is 0.493 e. The van der Waals surface area contributed by atoms with E-state index in [4.69, 9.17) is 14.2 Å². The maximum Gasteiger partial charge on any atom is 0.338 e. The van der Waals surface area contributed by atoms with Crippen molar-refractivity contribution in [1.29, 1.82) is 0 Å². The van der Waals surface area contributed by atoms with E-state index in [2.05, 4.69) is 11.6 Å². The van der Waals surface area contributed by atoms with E-state index in [1.165, 1.54) is 11.8 Å². The summed E-state index contributed by atoms with van der Waals surface area (Å²) in [6, 6.07) is 4.74. The molecule has 1 saturated heterocycles. The number of hydrogen-bond donors (Lipinski definition) is 0. The molecule has 3 rings (SSSR count). The Morgan fingerprint density at radius 2 is 2.10 bits per heavy atom. The van der Waals surface area contributed by atoms with Crippen LogP contribution in [0.3, 0.4) is 0 Å². The van der Waals surface area contributed by atoms with Gasteiger partial charge in [0.1, 0.15) is 6.61 Å². The van der Waals surface area contributed by atoms with Gasteiger partial charge >= 0.3 is 5.97 Å². The van der Waals surface area contributed by atoms with Crippen molar-refractivity contribution in [2.24, 2.45) is 4.99 Å². The summed E-state index contributed by atoms with van der Waals surface area (Å²) in [6.07, 6.45) is 2.03. The molecule has 0 bridgehead atoms. The van der Waals surface area contributed by atoms with Crippen molar-refractivity contribution in [3.8, 4) is 11.5 Å². The van der Waals surface area contributed by atoms with E-state index in [-0.39, 0.29) is 17.3 Å². The number of carbonyl (C=O) groups is 2. The van der Waals surface area contributed by atoms with Gasteiger partial charge in [-0.1, -0.05) is 37.4 Å². The van der Waals surface area contributed by atoms with Crippen LogP contribution in [0.25, 0.3) is 0 Å². The summed E-state index contributed by atoms with van der Waals surface area (Å²) in [7, 11) is 1.55. The molecule has 166 valence electrons. The van der Waals surface area contributed by atoms with Crippen molar-refractivity contribution in [1.82, 2.24) is 4.90 Å². The highest BCUT2D eigenvalue weighted by molar-refractivity contribution is 8.15. The van der Waals surface area contributed by atoms with Crippen LogP contribution in [0.2, 0.25) is 0 Å². The molecule has 8 heteroatoms. The molecule has 1 fully saturated rings. The molecule has 7 nitrogen and oxygen atoms in total. The lowest BCUT2D eigenvalue weighted by Gasteiger charge is -2.33. The fraction of sp³-hybridized carbons (Fsp3) is 0.435. The lowest BCUT2D eigenvalue weighted by atomic mass is 9.93. The van der Waals surface area contributed by atoms with Crippen LogP contribution in [0.5, 0.6) is 11.5 Å². The highest BCUT2D eigenvalue weighted by atomic mass is 32.2. The second-order valence-corrected chi connectivity index (χ2v) is 8.65. The van der Waals surface area contributed by atoms with Crippen LogP contribution in [0, 0.1) is 0 Å². The fourth-order valence-electron chi connectivity index (χ4n) is 3.57. The number of nitrogens with zero attached hydrogens (tertiary/aromatic N) is 2. The zero-order valence-electron chi connectivity index (χ0n) is 18.5. The van der Waals surface area contributed by atoms with Gasteiger partial charge in [0, 0.05) is 0 Å². The summed E-state index contributed by atoms with van der Waals surface area (Å²) in [6.45, 7) is 11.3. The summed E-state index contributed by atoms with van der Waals surface area (Å²) in [5.74, 6) is 0.508. The van der Waals surface area contributed by atoms with Gasteiger partial charge in [0.25, 0.3) is 0 Å².